The molecule has 5 heteroatoms. The second-order valence-electron chi connectivity index (χ2n) is 2.42. The molecule has 0 heterocycles. The monoisotopic (exact) mass is 294 g/mol. The van der Waals surface area contributed by atoms with Crippen LogP contribution in [0.4, 0.5) is 0 Å². The maximum absolute atomic E-state index is 8.90. The van der Waals surface area contributed by atoms with Crippen molar-refractivity contribution in [2.75, 3.05) is 0 Å². The van der Waals surface area contributed by atoms with Crippen molar-refractivity contribution in [1.82, 2.24) is 0 Å². The maximum atomic E-state index is 8.90. The normalized spacial score (nSPS) is 10.0. The van der Waals surface area contributed by atoms with Crippen molar-refractivity contribution in [3.63, 3.8) is 0 Å². The van der Waals surface area contributed by atoms with Gasteiger partial charge in [0.15, 0.2) is 0 Å². The summed E-state index contributed by atoms with van der Waals surface area (Å²) >= 11 is 6.24. The van der Waals surface area contributed by atoms with Crippen molar-refractivity contribution in [2.45, 2.75) is 5.75 Å². The van der Waals surface area contributed by atoms with Crippen molar-refractivity contribution in [3.8, 4) is 0 Å². The fraction of sp³-hybridized carbons (Fsp3) is 0.143. The molecule has 2 N–H and O–H groups in total. The Kier molecular flexibility index (Phi) is 3.89. The molecule has 0 fully saturated rings. The van der Waals surface area contributed by atoms with Gasteiger partial charge in [0.25, 0.3) is 0 Å². The van der Waals surface area contributed by atoms with Crippen molar-refractivity contribution in [2.24, 2.45) is 0 Å². The minimum absolute atomic E-state index is 0.519. The van der Waals surface area contributed by atoms with Crippen LogP contribution in [0.3, 0.4) is 0 Å². The van der Waals surface area contributed by atoms with Crippen LogP contribution in [0.25, 0.3) is 0 Å². The van der Waals surface area contributed by atoms with Crippen LogP contribution in [0.1, 0.15) is 5.56 Å². The highest BCUT2D eigenvalue weighted by atomic mass is 127. The zero-order valence-corrected chi connectivity index (χ0v) is 9.29. The third-order valence-electron chi connectivity index (χ3n) is 1.46. The van der Waals surface area contributed by atoms with Gasteiger partial charge in [-0.3, -0.25) is 0 Å². The molecule has 0 saturated heterocycles. The van der Waals surface area contributed by atoms with Gasteiger partial charge in [-0.05, 0) is 45.7 Å². The number of thiol groups is 1. The Hall–Kier alpha value is 0.285. The molecule has 1 aromatic carbocycles. The van der Waals surface area contributed by atoms with Gasteiger partial charge < -0.3 is 10.0 Å². The molecular weight excluding hydrogens is 286 g/mol. The lowest BCUT2D eigenvalue weighted by molar-refractivity contribution is 0.425. The topological polar surface area (TPSA) is 40.5 Å². The Balaban J connectivity index is 3.06. The van der Waals surface area contributed by atoms with Crippen LogP contribution in [0, 0.1) is 3.57 Å². The van der Waals surface area contributed by atoms with Crippen LogP contribution >= 0.6 is 35.2 Å². The molecule has 0 unspecified atom stereocenters. The van der Waals surface area contributed by atoms with E-state index in [0.717, 1.165) is 9.13 Å². The SMILES string of the molecule is OB(O)c1cc(I)cc(CS)c1. The van der Waals surface area contributed by atoms with Crippen LogP contribution in [0.5, 0.6) is 0 Å². The minimum atomic E-state index is -1.39. The number of benzene rings is 1. The molecule has 12 heavy (non-hydrogen) atoms. The zero-order chi connectivity index (χ0) is 9.14. The van der Waals surface area contributed by atoms with E-state index >= 15 is 0 Å². The van der Waals surface area contributed by atoms with Crippen molar-refractivity contribution < 1.29 is 10.0 Å². The van der Waals surface area contributed by atoms with E-state index in [4.69, 9.17) is 10.0 Å². The van der Waals surface area contributed by atoms with Gasteiger partial charge in [0.1, 0.15) is 0 Å². The van der Waals surface area contributed by atoms with Crippen LogP contribution in [-0.4, -0.2) is 17.2 Å². The highest BCUT2D eigenvalue weighted by Crippen LogP contribution is 2.08. The summed E-state index contributed by atoms with van der Waals surface area (Å²) < 4.78 is 0.988. The first-order valence-electron chi connectivity index (χ1n) is 3.40. The molecular formula is C7H8BIO2S. The van der Waals surface area contributed by atoms with Crippen LogP contribution in [-0.2, 0) is 5.75 Å². The summed E-state index contributed by atoms with van der Waals surface area (Å²) in [5, 5.41) is 17.8. The van der Waals surface area contributed by atoms with Crippen LogP contribution < -0.4 is 5.46 Å². The van der Waals surface area contributed by atoms with Gasteiger partial charge >= 0.3 is 7.12 Å². The molecule has 1 rings (SSSR count). The standard InChI is InChI=1S/C7H8BIO2S/c9-7-2-5(4-12)1-6(3-7)8(10)11/h1-3,10-12H,4H2. The summed E-state index contributed by atoms with van der Waals surface area (Å²) in [6.07, 6.45) is 0. The lowest BCUT2D eigenvalue weighted by Crippen LogP contribution is -2.30. The molecule has 0 radical (unpaired) electrons. The first-order valence-corrected chi connectivity index (χ1v) is 5.11. The van der Waals surface area contributed by atoms with E-state index in [1.54, 1.807) is 12.1 Å². The van der Waals surface area contributed by atoms with Crippen molar-refractivity contribution in [1.29, 1.82) is 0 Å². The number of rotatable bonds is 2. The summed E-state index contributed by atoms with van der Waals surface area (Å²) in [6, 6.07) is 5.43. The van der Waals surface area contributed by atoms with E-state index in [0.29, 0.717) is 11.2 Å². The van der Waals surface area contributed by atoms with Gasteiger partial charge in [0.05, 0.1) is 0 Å². The Morgan fingerprint density at radius 2 is 2.00 bits per heavy atom. The lowest BCUT2D eigenvalue weighted by atomic mass is 9.80. The Bertz CT molecular complexity index is 280. The van der Waals surface area contributed by atoms with Crippen molar-refractivity contribution in [3.05, 3.63) is 27.3 Å². The van der Waals surface area contributed by atoms with Crippen LogP contribution in [0.15, 0.2) is 18.2 Å². The summed E-state index contributed by atoms with van der Waals surface area (Å²) in [6.45, 7) is 0. The van der Waals surface area contributed by atoms with Gasteiger partial charge in [-0.2, -0.15) is 12.6 Å². The molecule has 0 amide bonds. The molecule has 0 spiro atoms. The third-order valence-corrected chi connectivity index (χ3v) is 2.45. The highest BCUT2D eigenvalue weighted by Gasteiger charge is 2.11. The van der Waals surface area contributed by atoms with E-state index in [2.05, 4.69) is 35.2 Å². The van der Waals surface area contributed by atoms with E-state index < -0.39 is 7.12 Å². The van der Waals surface area contributed by atoms with Crippen molar-refractivity contribution >= 4 is 47.8 Å². The van der Waals surface area contributed by atoms with Gasteiger partial charge in [-0.25, -0.2) is 0 Å². The molecule has 0 aliphatic rings. The summed E-state index contributed by atoms with van der Waals surface area (Å²) in [5.74, 6) is 0.608. The fourth-order valence-electron chi connectivity index (χ4n) is 0.916. The van der Waals surface area contributed by atoms with E-state index in [1.807, 2.05) is 6.07 Å². The zero-order valence-electron chi connectivity index (χ0n) is 6.24. The van der Waals surface area contributed by atoms with Gasteiger partial charge in [-0.1, -0.05) is 6.07 Å². The van der Waals surface area contributed by atoms with Crippen LogP contribution in [0.2, 0.25) is 0 Å². The lowest BCUT2D eigenvalue weighted by Gasteiger charge is -2.03. The summed E-state index contributed by atoms with van der Waals surface area (Å²) in [4.78, 5) is 0. The van der Waals surface area contributed by atoms with Gasteiger partial charge in [0.2, 0.25) is 0 Å². The number of hydrogen-bond acceptors (Lipinski definition) is 3. The molecule has 2 nitrogen and oxygen atoms in total. The Labute approximate surface area is 90.7 Å². The molecule has 0 aliphatic heterocycles. The van der Waals surface area contributed by atoms with E-state index in [-0.39, 0.29) is 0 Å². The summed E-state index contributed by atoms with van der Waals surface area (Å²) in [5.41, 5.74) is 1.51. The van der Waals surface area contributed by atoms with E-state index in [1.165, 1.54) is 0 Å². The Morgan fingerprint density at radius 1 is 1.33 bits per heavy atom. The molecule has 64 valence electrons. The highest BCUT2D eigenvalue weighted by molar-refractivity contribution is 14.1. The molecule has 0 aliphatic carbocycles. The smallest absolute Gasteiger partial charge is 0.423 e. The predicted molar refractivity (Wildman–Crippen MR) is 61.7 cm³/mol. The first-order chi connectivity index (χ1) is 5.63. The molecule has 0 aromatic heterocycles. The molecule has 0 atom stereocenters. The molecule has 0 bridgehead atoms. The quantitative estimate of drug-likeness (QED) is 0.420. The average molecular weight is 294 g/mol. The molecule has 0 saturated carbocycles. The average Bonchev–Trinajstić information content (AvgIpc) is 2.03. The predicted octanol–water partition coefficient (Wildman–Crippen LogP) is 0.401. The largest absolute Gasteiger partial charge is 0.488 e. The first kappa shape index (κ1) is 10.4. The minimum Gasteiger partial charge on any atom is -0.423 e. The summed E-state index contributed by atoms with van der Waals surface area (Å²) in [7, 11) is -1.39. The van der Waals surface area contributed by atoms with E-state index in [9.17, 15) is 0 Å². The maximum Gasteiger partial charge on any atom is 0.488 e. The molecule has 1 aromatic rings. The second-order valence-corrected chi connectivity index (χ2v) is 3.99. The Morgan fingerprint density at radius 3 is 2.50 bits per heavy atom. The fourth-order valence-corrected chi connectivity index (χ4v) is 1.86. The van der Waals surface area contributed by atoms with Gasteiger partial charge in [0, 0.05) is 9.32 Å². The third kappa shape index (κ3) is 2.65. The number of hydrogen-bond donors (Lipinski definition) is 3. The number of halogens is 1. The second kappa shape index (κ2) is 4.50. The van der Waals surface area contributed by atoms with Gasteiger partial charge in [-0.15, -0.1) is 0 Å².